The fourth-order valence-corrected chi connectivity index (χ4v) is 4.21. The highest BCUT2D eigenvalue weighted by Crippen LogP contribution is 2.27. The number of nitrogens with zero attached hydrogens (tertiary/aromatic N) is 5. The molecule has 1 aliphatic rings. The first-order valence-electron chi connectivity index (χ1n) is 10.3. The number of aromatic nitrogens is 5. The Kier molecular flexibility index (Phi) is 4.95. The Balaban J connectivity index is 1.31. The maximum absolute atomic E-state index is 12.5. The second-order valence-corrected chi connectivity index (χ2v) is 7.77. The van der Waals surface area contributed by atoms with Gasteiger partial charge in [0.15, 0.2) is 5.65 Å². The fraction of sp³-hybridized carbons (Fsp3) is 0.318. The maximum Gasteiger partial charge on any atom is 0.337 e. The largest absolute Gasteiger partial charge is 0.465 e. The van der Waals surface area contributed by atoms with Gasteiger partial charge in [-0.05, 0) is 56.3 Å². The summed E-state index contributed by atoms with van der Waals surface area (Å²) in [5.41, 5.74) is 1.53. The summed E-state index contributed by atoms with van der Waals surface area (Å²) in [6.07, 6.45) is 3.92. The number of benzene rings is 1. The van der Waals surface area contributed by atoms with Crippen LogP contribution in [0, 0.1) is 0 Å². The van der Waals surface area contributed by atoms with E-state index >= 15 is 0 Å². The molecule has 5 rings (SSSR count). The molecule has 1 aliphatic heterocycles. The Morgan fingerprint density at radius 2 is 2.03 bits per heavy atom. The molecule has 9 heteroatoms. The number of hydrogen-bond donors (Lipinski definition) is 1. The van der Waals surface area contributed by atoms with E-state index in [-0.39, 0.29) is 5.56 Å². The molecule has 0 saturated carbocycles. The van der Waals surface area contributed by atoms with Crippen molar-refractivity contribution >= 4 is 22.5 Å². The number of piperidine rings is 1. The van der Waals surface area contributed by atoms with Crippen LogP contribution >= 0.6 is 0 Å². The lowest BCUT2D eigenvalue weighted by molar-refractivity contribution is 0.0601. The number of esters is 1. The number of carbonyl (C=O) groups excluding carboxylic acids is 1. The number of H-pyrrole nitrogens is 1. The summed E-state index contributed by atoms with van der Waals surface area (Å²) in [6.45, 7) is 2.29. The van der Waals surface area contributed by atoms with Crippen molar-refractivity contribution in [1.82, 2.24) is 29.5 Å². The molecule has 0 atom stereocenters. The normalized spacial score (nSPS) is 15.5. The molecular formula is C22H22N6O3. The van der Waals surface area contributed by atoms with Crippen LogP contribution in [0.15, 0.2) is 47.4 Å². The van der Waals surface area contributed by atoms with E-state index in [1.165, 1.54) is 7.11 Å². The minimum Gasteiger partial charge on any atom is -0.465 e. The van der Waals surface area contributed by atoms with Crippen LogP contribution in [0.25, 0.3) is 16.6 Å². The Hall–Kier alpha value is -3.59. The van der Waals surface area contributed by atoms with Gasteiger partial charge < -0.3 is 9.72 Å². The molecule has 0 radical (unpaired) electrons. The lowest BCUT2D eigenvalue weighted by Gasteiger charge is -2.30. The summed E-state index contributed by atoms with van der Waals surface area (Å²) in [6, 6.07) is 10.7. The Morgan fingerprint density at radius 3 is 2.84 bits per heavy atom. The van der Waals surface area contributed by atoms with E-state index in [9.17, 15) is 9.59 Å². The van der Waals surface area contributed by atoms with E-state index in [2.05, 4.69) is 29.5 Å². The van der Waals surface area contributed by atoms with Crippen LogP contribution in [-0.2, 0) is 11.3 Å². The maximum atomic E-state index is 12.5. The molecule has 0 unspecified atom stereocenters. The molecule has 1 saturated heterocycles. The van der Waals surface area contributed by atoms with E-state index in [1.807, 2.05) is 24.4 Å². The quantitative estimate of drug-likeness (QED) is 0.506. The Labute approximate surface area is 177 Å². The average Bonchev–Trinajstić information content (AvgIpc) is 3.23. The van der Waals surface area contributed by atoms with E-state index in [0.29, 0.717) is 34.8 Å². The predicted molar refractivity (Wildman–Crippen MR) is 114 cm³/mol. The second kappa shape index (κ2) is 7.92. The van der Waals surface area contributed by atoms with Gasteiger partial charge >= 0.3 is 5.97 Å². The van der Waals surface area contributed by atoms with Gasteiger partial charge in [-0.15, -0.1) is 10.2 Å². The van der Waals surface area contributed by atoms with Gasteiger partial charge in [-0.25, -0.2) is 9.78 Å². The second-order valence-electron chi connectivity index (χ2n) is 7.77. The molecule has 1 N–H and O–H groups in total. The smallest absolute Gasteiger partial charge is 0.337 e. The molecule has 4 heterocycles. The van der Waals surface area contributed by atoms with E-state index in [1.54, 1.807) is 18.2 Å². The van der Waals surface area contributed by atoms with E-state index in [4.69, 9.17) is 4.74 Å². The number of carbonyl (C=O) groups is 1. The van der Waals surface area contributed by atoms with E-state index in [0.717, 1.165) is 37.4 Å². The molecule has 1 fully saturated rings. The number of hydrogen-bond acceptors (Lipinski definition) is 7. The summed E-state index contributed by atoms with van der Waals surface area (Å²) >= 11 is 0. The molecule has 0 spiro atoms. The van der Waals surface area contributed by atoms with Gasteiger partial charge in [-0.2, -0.15) is 0 Å². The number of methoxy groups -OCH3 is 1. The van der Waals surface area contributed by atoms with Crippen LogP contribution in [0.3, 0.4) is 0 Å². The first-order valence-corrected chi connectivity index (χ1v) is 10.3. The zero-order valence-electron chi connectivity index (χ0n) is 17.1. The number of pyridine rings is 1. The predicted octanol–water partition coefficient (Wildman–Crippen LogP) is 2.13. The standard InChI is InChI=1S/C22H22N6O3/c1-31-22(30)15-5-6-16-17(12-15)23-18(24-21(16)29)13-27-10-7-14(8-11-27)20-26-25-19-4-2-3-9-28(19)20/h2-6,9,12,14H,7-8,10-11,13H2,1H3,(H,23,24,29). The van der Waals surface area contributed by atoms with Crippen molar-refractivity contribution in [2.24, 2.45) is 0 Å². The van der Waals surface area contributed by atoms with Crippen molar-refractivity contribution in [3.63, 3.8) is 0 Å². The molecular weight excluding hydrogens is 396 g/mol. The fourth-order valence-electron chi connectivity index (χ4n) is 4.21. The van der Waals surface area contributed by atoms with Crippen molar-refractivity contribution in [2.45, 2.75) is 25.3 Å². The van der Waals surface area contributed by atoms with Crippen LogP contribution in [0.4, 0.5) is 0 Å². The molecule has 0 bridgehead atoms. The summed E-state index contributed by atoms with van der Waals surface area (Å²) < 4.78 is 6.82. The van der Waals surface area contributed by atoms with Crippen molar-refractivity contribution in [3.8, 4) is 0 Å². The first-order chi connectivity index (χ1) is 15.1. The van der Waals surface area contributed by atoms with Gasteiger partial charge in [0.1, 0.15) is 11.6 Å². The molecule has 31 heavy (non-hydrogen) atoms. The highest BCUT2D eigenvalue weighted by molar-refractivity contribution is 5.93. The van der Waals surface area contributed by atoms with Crippen LogP contribution in [0.1, 0.15) is 40.8 Å². The third-order valence-electron chi connectivity index (χ3n) is 5.84. The van der Waals surface area contributed by atoms with Gasteiger partial charge in [0.2, 0.25) is 0 Å². The summed E-state index contributed by atoms with van der Waals surface area (Å²) in [5.74, 6) is 1.49. The van der Waals surface area contributed by atoms with Gasteiger partial charge in [0.25, 0.3) is 5.56 Å². The lowest BCUT2D eigenvalue weighted by Crippen LogP contribution is -2.34. The molecule has 0 amide bonds. The third-order valence-corrected chi connectivity index (χ3v) is 5.84. The van der Waals surface area contributed by atoms with Crippen molar-refractivity contribution in [3.05, 3.63) is 70.2 Å². The number of nitrogens with one attached hydrogen (secondary N) is 1. The van der Waals surface area contributed by atoms with Gasteiger partial charge in [-0.3, -0.25) is 14.1 Å². The third kappa shape index (κ3) is 3.68. The highest BCUT2D eigenvalue weighted by atomic mass is 16.5. The summed E-state index contributed by atoms with van der Waals surface area (Å²) in [5, 5.41) is 9.11. The number of fused-ring (bicyclic) bond motifs is 2. The van der Waals surface area contributed by atoms with Crippen molar-refractivity contribution in [2.75, 3.05) is 20.2 Å². The van der Waals surface area contributed by atoms with Crippen LogP contribution in [-0.4, -0.2) is 55.6 Å². The molecule has 0 aliphatic carbocycles. The monoisotopic (exact) mass is 418 g/mol. The van der Waals surface area contributed by atoms with Gasteiger partial charge in [0.05, 0.1) is 30.1 Å². The average molecular weight is 418 g/mol. The molecule has 9 nitrogen and oxygen atoms in total. The number of ether oxygens (including phenoxy) is 1. The topological polar surface area (TPSA) is 105 Å². The van der Waals surface area contributed by atoms with Crippen molar-refractivity contribution in [1.29, 1.82) is 0 Å². The summed E-state index contributed by atoms with van der Waals surface area (Å²) in [4.78, 5) is 34.0. The first kappa shape index (κ1) is 19.4. The van der Waals surface area contributed by atoms with Crippen LogP contribution in [0.2, 0.25) is 0 Å². The Bertz CT molecular complexity index is 1320. The zero-order chi connectivity index (χ0) is 21.4. The number of aromatic amines is 1. The molecule has 1 aromatic carbocycles. The lowest BCUT2D eigenvalue weighted by atomic mass is 9.96. The molecule has 4 aromatic rings. The van der Waals surface area contributed by atoms with Gasteiger partial charge in [0, 0.05) is 12.1 Å². The van der Waals surface area contributed by atoms with E-state index < -0.39 is 5.97 Å². The van der Waals surface area contributed by atoms with Crippen LogP contribution in [0.5, 0.6) is 0 Å². The zero-order valence-corrected chi connectivity index (χ0v) is 17.1. The minimum absolute atomic E-state index is 0.207. The highest BCUT2D eigenvalue weighted by Gasteiger charge is 2.25. The number of likely N-dealkylation sites (tertiary alicyclic amines) is 1. The Morgan fingerprint density at radius 1 is 1.19 bits per heavy atom. The summed E-state index contributed by atoms with van der Waals surface area (Å²) in [7, 11) is 1.33. The molecule has 3 aromatic heterocycles. The molecule has 158 valence electrons. The minimum atomic E-state index is -0.450. The SMILES string of the molecule is COC(=O)c1ccc2c(=O)[nH]c(CN3CCC(c4nnc5ccccn45)CC3)nc2c1. The van der Waals surface area contributed by atoms with Gasteiger partial charge in [-0.1, -0.05) is 6.07 Å². The number of rotatable bonds is 4. The van der Waals surface area contributed by atoms with Crippen molar-refractivity contribution < 1.29 is 9.53 Å². The van der Waals surface area contributed by atoms with Crippen LogP contribution < -0.4 is 5.56 Å².